The molecule has 100 valence electrons. The Hall–Kier alpha value is -1.38. The van der Waals surface area contributed by atoms with Gasteiger partial charge >= 0.3 is 0 Å². The molecule has 1 amide bonds. The molecule has 2 aliphatic rings. The van der Waals surface area contributed by atoms with Gasteiger partial charge in [-0.25, -0.2) is 0 Å². The first-order valence-corrected chi connectivity index (χ1v) is 6.67. The van der Waals surface area contributed by atoms with Gasteiger partial charge in [0.25, 0.3) is 5.91 Å². The van der Waals surface area contributed by atoms with Crippen molar-refractivity contribution in [1.29, 1.82) is 0 Å². The molecule has 2 aliphatic heterocycles. The lowest BCUT2D eigenvalue weighted by Crippen LogP contribution is -2.24. The van der Waals surface area contributed by atoms with E-state index in [0.29, 0.717) is 12.5 Å². The number of hydrogen-bond donors (Lipinski definition) is 0. The zero-order valence-corrected chi connectivity index (χ0v) is 12.3. The van der Waals surface area contributed by atoms with E-state index in [4.69, 9.17) is 0 Å². The number of rotatable bonds is 1. The lowest BCUT2D eigenvalue weighted by Gasteiger charge is -2.25. The number of carbonyl (C=O) groups is 1. The van der Waals surface area contributed by atoms with Gasteiger partial charge in [-0.05, 0) is 5.92 Å². The molecule has 0 bridgehead atoms. The first-order valence-electron chi connectivity index (χ1n) is 6.67. The Balaban J connectivity index is 0.000000771. The first kappa shape index (κ1) is 14.7. The van der Waals surface area contributed by atoms with Crippen LogP contribution in [0.1, 0.15) is 34.6 Å². The number of aliphatic imine (C=N–C) groups is 1. The molecule has 1 atom stereocenters. The molecule has 3 nitrogen and oxygen atoms in total. The second-order valence-corrected chi connectivity index (χ2v) is 5.13. The molecule has 2 heterocycles. The van der Waals surface area contributed by atoms with Gasteiger partial charge in [0.15, 0.2) is 0 Å². The molecule has 1 unspecified atom stereocenters. The van der Waals surface area contributed by atoms with Crippen LogP contribution in [0.15, 0.2) is 28.4 Å². The first-order chi connectivity index (χ1) is 8.44. The number of allylic oxidation sites excluding steroid dienone is 1. The maximum atomic E-state index is 11.8. The monoisotopic (exact) mass is 248 g/mol. The Bertz CT molecular complexity index is 418. The van der Waals surface area contributed by atoms with Gasteiger partial charge in [-0.1, -0.05) is 46.8 Å². The van der Waals surface area contributed by atoms with Gasteiger partial charge in [0, 0.05) is 18.7 Å². The molecule has 0 aromatic carbocycles. The third-order valence-corrected chi connectivity index (χ3v) is 3.63. The second-order valence-electron chi connectivity index (χ2n) is 5.13. The van der Waals surface area contributed by atoms with Crippen LogP contribution in [0, 0.1) is 11.3 Å². The topological polar surface area (TPSA) is 32.7 Å². The Morgan fingerprint density at radius 1 is 1.39 bits per heavy atom. The normalized spacial score (nSPS) is 26.2. The largest absolute Gasteiger partial charge is 0.336 e. The van der Waals surface area contributed by atoms with E-state index in [0.717, 1.165) is 11.3 Å². The molecule has 0 aromatic rings. The number of hydrogen-bond acceptors (Lipinski definition) is 2. The molecule has 0 radical (unpaired) electrons. The maximum Gasteiger partial charge on any atom is 0.255 e. The van der Waals surface area contributed by atoms with Crippen LogP contribution in [-0.4, -0.2) is 30.6 Å². The van der Waals surface area contributed by atoms with Gasteiger partial charge in [-0.15, -0.1) is 0 Å². The van der Waals surface area contributed by atoms with E-state index in [-0.39, 0.29) is 11.3 Å². The summed E-state index contributed by atoms with van der Waals surface area (Å²) >= 11 is 0. The molecule has 0 aliphatic carbocycles. The molecular weight excluding hydrogens is 224 g/mol. The van der Waals surface area contributed by atoms with E-state index in [1.807, 2.05) is 33.2 Å². The zero-order valence-electron chi connectivity index (χ0n) is 12.3. The van der Waals surface area contributed by atoms with E-state index in [1.165, 1.54) is 0 Å². The molecule has 0 N–H and O–H groups in total. The molecule has 0 fully saturated rings. The molecular formula is C15H24N2O. The summed E-state index contributed by atoms with van der Waals surface area (Å²) in [5.74, 6) is 0.553. The predicted octanol–water partition coefficient (Wildman–Crippen LogP) is 3.04. The number of amides is 1. The van der Waals surface area contributed by atoms with Gasteiger partial charge in [0.05, 0.1) is 17.8 Å². The van der Waals surface area contributed by atoms with E-state index in [2.05, 4.69) is 31.8 Å². The molecule has 0 saturated heterocycles. The van der Waals surface area contributed by atoms with Crippen molar-refractivity contribution in [3.63, 3.8) is 0 Å². The van der Waals surface area contributed by atoms with Crippen molar-refractivity contribution in [3.8, 4) is 0 Å². The van der Waals surface area contributed by atoms with E-state index in [1.54, 1.807) is 4.90 Å². The smallest absolute Gasteiger partial charge is 0.255 e. The fourth-order valence-electron chi connectivity index (χ4n) is 1.85. The van der Waals surface area contributed by atoms with Gasteiger partial charge < -0.3 is 4.90 Å². The fraction of sp³-hybridized carbons (Fsp3) is 0.600. The standard InChI is InChI=1S/C13H18N2O.C2H6/c1-9(2)13(3)6-5-10-11(14-8-13)7-15(4)12(10)16;1-2/h5-6,8-9H,7H2,1-4H3;1-2H3. The quantitative estimate of drug-likeness (QED) is 0.702. The van der Waals surface area contributed by atoms with Crippen molar-refractivity contribution in [2.45, 2.75) is 34.6 Å². The highest BCUT2D eigenvalue weighted by Crippen LogP contribution is 2.32. The van der Waals surface area contributed by atoms with Crippen LogP contribution in [-0.2, 0) is 4.79 Å². The molecule has 0 saturated carbocycles. The molecule has 2 rings (SSSR count). The van der Waals surface area contributed by atoms with Gasteiger partial charge in [-0.2, -0.15) is 0 Å². The third kappa shape index (κ3) is 2.55. The lowest BCUT2D eigenvalue weighted by atomic mass is 9.80. The van der Waals surface area contributed by atoms with E-state index in [9.17, 15) is 4.79 Å². The van der Waals surface area contributed by atoms with Crippen LogP contribution < -0.4 is 0 Å². The third-order valence-electron chi connectivity index (χ3n) is 3.63. The zero-order chi connectivity index (χ0) is 13.9. The highest BCUT2D eigenvalue weighted by atomic mass is 16.2. The summed E-state index contributed by atoms with van der Waals surface area (Å²) in [5, 5.41) is 0. The summed E-state index contributed by atoms with van der Waals surface area (Å²) in [7, 11) is 1.81. The Morgan fingerprint density at radius 3 is 2.56 bits per heavy atom. The predicted molar refractivity (Wildman–Crippen MR) is 76.6 cm³/mol. The number of carbonyl (C=O) groups excluding carboxylic acids is 1. The summed E-state index contributed by atoms with van der Waals surface area (Å²) in [6, 6.07) is 0. The molecule has 3 heteroatoms. The molecule has 0 spiro atoms. The number of nitrogens with zero attached hydrogens (tertiary/aromatic N) is 2. The average molecular weight is 248 g/mol. The van der Waals surface area contributed by atoms with Crippen molar-refractivity contribution < 1.29 is 4.79 Å². The minimum Gasteiger partial charge on any atom is -0.336 e. The Morgan fingerprint density at radius 2 is 2.00 bits per heavy atom. The van der Waals surface area contributed by atoms with Crippen LogP contribution >= 0.6 is 0 Å². The lowest BCUT2D eigenvalue weighted by molar-refractivity contribution is -0.124. The van der Waals surface area contributed by atoms with E-state index < -0.39 is 0 Å². The Kier molecular flexibility index (Phi) is 4.49. The van der Waals surface area contributed by atoms with Crippen molar-refractivity contribution >= 4 is 12.1 Å². The van der Waals surface area contributed by atoms with Crippen molar-refractivity contribution in [1.82, 2.24) is 4.90 Å². The summed E-state index contributed by atoms with van der Waals surface area (Å²) < 4.78 is 0. The molecule has 18 heavy (non-hydrogen) atoms. The summed E-state index contributed by atoms with van der Waals surface area (Å²) in [6.45, 7) is 11.1. The van der Waals surface area contributed by atoms with Crippen LogP contribution in [0.5, 0.6) is 0 Å². The van der Waals surface area contributed by atoms with Crippen LogP contribution in [0.25, 0.3) is 0 Å². The minimum absolute atomic E-state index is 0.0524. The van der Waals surface area contributed by atoms with Crippen LogP contribution in [0.2, 0.25) is 0 Å². The summed E-state index contributed by atoms with van der Waals surface area (Å²) in [6.07, 6.45) is 6.01. The highest BCUT2D eigenvalue weighted by Gasteiger charge is 2.31. The van der Waals surface area contributed by atoms with Gasteiger partial charge in [0.1, 0.15) is 0 Å². The van der Waals surface area contributed by atoms with Crippen LogP contribution in [0.3, 0.4) is 0 Å². The minimum atomic E-state index is -0.0524. The number of likely N-dealkylation sites (N-methyl/N-ethyl adjacent to an activating group) is 1. The van der Waals surface area contributed by atoms with Crippen molar-refractivity contribution in [2.75, 3.05) is 13.6 Å². The van der Waals surface area contributed by atoms with E-state index >= 15 is 0 Å². The fourth-order valence-corrected chi connectivity index (χ4v) is 1.85. The summed E-state index contributed by atoms with van der Waals surface area (Å²) in [4.78, 5) is 18.0. The van der Waals surface area contributed by atoms with Crippen molar-refractivity contribution in [3.05, 3.63) is 23.4 Å². The molecule has 0 aromatic heterocycles. The second kappa shape index (κ2) is 5.51. The SMILES string of the molecule is CC.CC(C)C1(C)C=CC2=C(CN(C)C2=O)N=C1. The van der Waals surface area contributed by atoms with Gasteiger partial charge in [0.2, 0.25) is 0 Å². The highest BCUT2D eigenvalue weighted by molar-refractivity contribution is 6.00. The van der Waals surface area contributed by atoms with Crippen molar-refractivity contribution in [2.24, 2.45) is 16.3 Å². The average Bonchev–Trinajstić information content (AvgIpc) is 2.51. The summed E-state index contributed by atoms with van der Waals surface area (Å²) in [5.41, 5.74) is 1.60. The van der Waals surface area contributed by atoms with Crippen LogP contribution in [0.4, 0.5) is 0 Å². The van der Waals surface area contributed by atoms with Gasteiger partial charge in [-0.3, -0.25) is 9.79 Å². The maximum absolute atomic E-state index is 11.8. The Labute approximate surface area is 110 Å².